The van der Waals surface area contributed by atoms with Crippen molar-refractivity contribution >= 4 is 11.4 Å². The van der Waals surface area contributed by atoms with Gasteiger partial charge in [0.25, 0.3) is 5.91 Å². The number of pyridine rings is 1. The molecule has 2 aromatic heterocycles. The zero-order valence-corrected chi connectivity index (χ0v) is 12.3. The minimum atomic E-state index is -0.552. The van der Waals surface area contributed by atoms with E-state index >= 15 is 0 Å². The number of hydrogen-bond acceptors (Lipinski definition) is 3. The molecule has 0 aliphatic carbocycles. The van der Waals surface area contributed by atoms with Crippen LogP contribution in [0.25, 0.3) is 5.52 Å². The third kappa shape index (κ3) is 3.09. The minimum Gasteiger partial charge on any atom is -0.481 e. The maximum atomic E-state index is 12.1. The van der Waals surface area contributed by atoms with Crippen molar-refractivity contribution in [3.05, 3.63) is 66.5 Å². The summed E-state index contributed by atoms with van der Waals surface area (Å²) in [5, 5.41) is 7.12. The van der Waals surface area contributed by atoms with E-state index in [1.165, 1.54) is 0 Å². The van der Waals surface area contributed by atoms with Crippen LogP contribution in [0.15, 0.2) is 60.9 Å². The monoisotopic (exact) mass is 295 g/mol. The van der Waals surface area contributed by atoms with Crippen LogP contribution < -0.4 is 10.1 Å². The van der Waals surface area contributed by atoms with Crippen LogP contribution in [0, 0.1) is 0 Å². The van der Waals surface area contributed by atoms with E-state index in [4.69, 9.17) is 4.74 Å². The summed E-state index contributed by atoms with van der Waals surface area (Å²) in [7, 11) is 0. The van der Waals surface area contributed by atoms with Crippen molar-refractivity contribution in [1.82, 2.24) is 14.9 Å². The smallest absolute Gasteiger partial charge is 0.261 e. The number of aromatic nitrogens is 2. The number of nitrogens with zero attached hydrogens (tertiary/aromatic N) is 2. The highest BCUT2D eigenvalue weighted by Gasteiger charge is 2.15. The van der Waals surface area contributed by atoms with E-state index in [9.17, 15) is 4.79 Å². The van der Waals surface area contributed by atoms with E-state index in [-0.39, 0.29) is 5.91 Å². The maximum absolute atomic E-state index is 12.1. The molecule has 0 fully saturated rings. The molecular weight excluding hydrogens is 278 g/mol. The van der Waals surface area contributed by atoms with Gasteiger partial charge in [-0.25, -0.2) is 4.52 Å². The van der Waals surface area contributed by atoms with Gasteiger partial charge in [-0.3, -0.25) is 4.79 Å². The van der Waals surface area contributed by atoms with Gasteiger partial charge in [0.2, 0.25) is 0 Å². The molecule has 0 aliphatic heterocycles. The molecule has 22 heavy (non-hydrogen) atoms. The molecule has 5 heteroatoms. The van der Waals surface area contributed by atoms with E-state index < -0.39 is 6.10 Å². The van der Waals surface area contributed by atoms with Crippen LogP contribution in [0.1, 0.15) is 12.5 Å². The Hall–Kier alpha value is -2.82. The number of carbonyl (C=O) groups excluding carboxylic acids is 1. The van der Waals surface area contributed by atoms with E-state index in [0.29, 0.717) is 12.3 Å². The minimum absolute atomic E-state index is 0.154. The summed E-state index contributed by atoms with van der Waals surface area (Å²) in [5.41, 5.74) is 1.96. The van der Waals surface area contributed by atoms with Gasteiger partial charge in [0.05, 0.1) is 11.7 Å². The Balaban J connectivity index is 1.60. The normalized spacial score (nSPS) is 12.0. The largest absolute Gasteiger partial charge is 0.481 e. The summed E-state index contributed by atoms with van der Waals surface area (Å²) in [6.45, 7) is 2.16. The van der Waals surface area contributed by atoms with E-state index in [1.54, 1.807) is 17.6 Å². The van der Waals surface area contributed by atoms with Crippen LogP contribution in [0.4, 0.5) is 0 Å². The second-order valence-electron chi connectivity index (χ2n) is 4.99. The Morgan fingerprint density at radius 3 is 2.82 bits per heavy atom. The summed E-state index contributed by atoms with van der Waals surface area (Å²) < 4.78 is 7.38. The molecule has 3 aromatic rings. The number of rotatable bonds is 5. The van der Waals surface area contributed by atoms with Crippen molar-refractivity contribution in [2.45, 2.75) is 19.6 Å². The van der Waals surface area contributed by atoms with Crippen molar-refractivity contribution in [2.24, 2.45) is 0 Å². The predicted octanol–water partition coefficient (Wildman–Crippen LogP) is 2.42. The first-order chi connectivity index (χ1) is 10.7. The Labute approximate surface area is 128 Å². The lowest BCUT2D eigenvalue weighted by atomic mass is 10.2. The second-order valence-corrected chi connectivity index (χ2v) is 4.99. The number of hydrogen-bond donors (Lipinski definition) is 1. The molecule has 112 valence electrons. The van der Waals surface area contributed by atoms with Gasteiger partial charge in [-0.05, 0) is 31.2 Å². The van der Waals surface area contributed by atoms with Crippen molar-refractivity contribution in [3.63, 3.8) is 0 Å². The fraction of sp³-hybridized carbons (Fsp3) is 0.176. The molecule has 5 nitrogen and oxygen atoms in total. The first-order valence-electron chi connectivity index (χ1n) is 7.15. The molecule has 1 amide bonds. The van der Waals surface area contributed by atoms with Gasteiger partial charge in [0.1, 0.15) is 5.75 Å². The van der Waals surface area contributed by atoms with Crippen LogP contribution in [-0.2, 0) is 11.3 Å². The third-order valence-electron chi connectivity index (χ3n) is 3.38. The average molecular weight is 295 g/mol. The van der Waals surface area contributed by atoms with Crippen molar-refractivity contribution in [3.8, 4) is 5.75 Å². The topological polar surface area (TPSA) is 55.6 Å². The lowest BCUT2D eigenvalue weighted by Gasteiger charge is -2.14. The number of ether oxygens (including phenoxy) is 1. The van der Waals surface area contributed by atoms with E-state index in [0.717, 1.165) is 11.1 Å². The molecular formula is C17H17N3O2. The number of nitrogens with one attached hydrogen (secondary N) is 1. The van der Waals surface area contributed by atoms with Gasteiger partial charge in [-0.1, -0.05) is 24.3 Å². The van der Waals surface area contributed by atoms with Crippen molar-refractivity contribution in [2.75, 3.05) is 0 Å². The lowest BCUT2D eigenvalue weighted by molar-refractivity contribution is -0.127. The molecule has 0 saturated carbocycles. The molecule has 3 rings (SSSR count). The van der Waals surface area contributed by atoms with Crippen LogP contribution in [0.3, 0.4) is 0 Å². The Kier molecular flexibility index (Phi) is 4.05. The van der Waals surface area contributed by atoms with Crippen LogP contribution in [0.5, 0.6) is 5.75 Å². The summed E-state index contributed by atoms with van der Waals surface area (Å²) in [5.74, 6) is 0.528. The van der Waals surface area contributed by atoms with Gasteiger partial charge >= 0.3 is 0 Å². The molecule has 0 bridgehead atoms. The van der Waals surface area contributed by atoms with Gasteiger partial charge in [0.15, 0.2) is 6.10 Å². The Morgan fingerprint density at radius 2 is 2.00 bits per heavy atom. The summed E-state index contributed by atoms with van der Waals surface area (Å²) in [6, 6.07) is 15.1. The highest BCUT2D eigenvalue weighted by atomic mass is 16.5. The van der Waals surface area contributed by atoms with Gasteiger partial charge in [-0.2, -0.15) is 5.10 Å². The molecule has 0 spiro atoms. The summed E-state index contributed by atoms with van der Waals surface area (Å²) in [6.07, 6.45) is 3.09. The fourth-order valence-corrected chi connectivity index (χ4v) is 2.21. The average Bonchev–Trinajstić information content (AvgIpc) is 2.97. The number of carbonyl (C=O) groups is 1. The summed E-state index contributed by atoms with van der Waals surface area (Å²) in [4.78, 5) is 12.1. The molecule has 2 heterocycles. The van der Waals surface area contributed by atoms with Crippen molar-refractivity contribution < 1.29 is 9.53 Å². The maximum Gasteiger partial charge on any atom is 0.261 e. The first-order valence-corrected chi connectivity index (χ1v) is 7.15. The predicted molar refractivity (Wildman–Crippen MR) is 83.6 cm³/mol. The quantitative estimate of drug-likeness (QED) is 0.786. The highest BCUT2D eigenvalue weighted by molar-refractivity contribution is 5.80. The fourth-order valence-electron chi connectivity index (χ4n) is 2.21. The molecule has 1 unspecified atom stereocenters. The third-order valence-corrected chi connectivity index (χ3v) is 3.38. The number of benzene rings is 1. The van der Waals surface area contributed by atoms with Crippen LogP contribution in [0.2, 0.25) is 0 Å². The van der Waals surface area contributed by atoms with Gasteiger partial charge < -0.3 is 10.1 Å². The molecule has 1 aromatic carbocycles. The van der Waals surface area contributed by atoms with Gasteiger partial charge in [0, 0.05) is 18.3 Å². The number of para-hydroxylation sites is 1. The molecule has 1 atom stereocenters. The summed E-state index contributed by atoms with van der Waals surface area (Å²) >= 11 is 0. The molecule has 0 saturated heterocycles. The van der Waals surface area contributed by atoms with Crippen molar-refractivity contribution in [1.29, 1.82) is 0 Å². The zero-order chi connectivity index (χ0) is 15.4. The molecule has 1 N–H and O–H groups in total. The lowest BCUT2D eigenvalue weighted by Crippen LogP contribution is -2.35. The Morgan fingerprint density at radius 1 is 1.23 bits per heavy atom. The van der Waals surface area contributed by atoms with Crippen LogP contribution in [-0.4, -0.2) is 21.6 Å². The first kappa shape index (κ1) is 14.1. The van der Waals surface area contributed by atoms with Crippen LogP contribution >= 0.6 is 0 Å². The second kappa shape index (κ2) is 6.30. The van der Waals surface area contributed by atoms with E-state index in [1.807, 2.05) is 54.7 Å². The highest BCUT2D eigenvalue weighted by Crippen LogP contribution is 2.12. The standard InChI is InChI=1S/C17H17N3O2/c1-13(22-15-7-3-2-4-8-15)17(21)18-11-14-12-19-20-10-6-5-9-16(14)20/h2-10,12-13H,11H2,1H3,(H,18,21). The van der Waals surface area contributed by atoms with Gasteiger partial charge in [-0.15, -0.1) is 0 Å². The number of amides is 1. The molecule has 0 aliphatic rings. The SMILES string of the molecule is CC(Oc1ccccc1)C(=O)NCc1cnn2ccccc12. The van der Waals surface area contributed by atoms with E-state index in [2.05, 4.69) is 10.4 Å². The number of fused-ring (bicyclic) bond motifs is 1. The molecule has 0 radical (unpaired) electrons. The Bertz CT molecular complexity index is 768. The zero-order valence-electron chi connectivity index (χ0n) is 12.3.